The van der Waals surface area contributed by atoms with Crippen molar-refractivity contribution in [1.29, 1.82) is 0 Å². The largest absolute Gasteiger partial charge is 0.423 e. The first-order valence-electron chi connectivity index (χ1n) is 5.17. The van der Waals surface area contributed by atoms with Crippen LogP contribution in [0.25, 0.3) is 0 Å². The van der Waals surface area contributed by atoms with E-state index in [9.17, 15) is 4.79 Å². The Morgan fingerprint density at radius 1 is 1.41 bits per heavy atom. The van der Waals surface area contributed by atoms with E-state index in [0.717, 1.165) is 0 Å². The Hall–Kier alpha value is -1.62. The Morgan fingerprint density at radius 2 is 2.06 bits per heavy atom. The number of nitrogens with zero attached hydrogens (tertiary/aromatic N) is 1. The molecule has 1 aliphatic rings. The predicted molar refractivity (Wildman–Crippen MR) is 66.6 cm³/mol. The molecule has 1 aromatic carbocycles. The molecule has 0 N–H and O–H groups in total. The van der Waals surface area contributed by atoms with Crippen LogP contribution in [0.3, 0.4) is 0 Å². The summed E-state index contributed by atoms with van der Waals surface area (Å²) in [6.45, 7) is 1.69. The molecule has 1 heterocycles. The molecule has 4 nitrogen and oxygen atoms in total. The number of ether oxygens (including phenoxy) is 2. The Morgan fingerprint density at radius 3 is 2.71 bits per heavy atom. The molecular weight excluding hydrogens is 238 g/mol. The first-order valence-corrected chi connectivity index (χ1v) is 5.58. The van der Waals surface area contributed by atoms with Crippen LogP contribution in [-0.4, -0.2) is 30.1 Å². The van der Waals surface area contributed by atoms with Gasteiger partial charge in [-0.2, -0.15) is 0 Å². The summed E-state index contributed by atoms with van der Waals surface area (Å²) in [6.07, 6.45) is 0. The van der Waals surface area contributed by atoms with Crippen molar-refractivity contribution in [2.24, 2.45) is 0 Å². The lowest BCUT2D eigenvalue weighted by atomic mass is 10.0. The molecule has 1 atom stereocenters. The lowest BCUT2D eigenvalue weighted by molar-refractivity contribution is -0.139. The Balaban J connectivity index is 2.35. The zero-order chi connectivity index (χ0) is 12.6. The summed E-state index contributed by atoms with van der Waals surface area (Å²) in [5.41, 5.74) is 1.23. The number of rotatable bonds is 1. The summed E-state index contributed by atoms with van der Waals surface area (Å²) in [6, 6.07) is 7.14. The number of cyclic esters (lactones) is 1. The fourth-order valence-corrected chi connectivity index (χ4v) is 1.84. The van der Waals surface area contributed by atoms with Gasteiger partial charge in [-0.3, -0.25) is 0 Å². The SMILES string of the molecule is CN(C)C(=S)OC1(C)OC(=O)c2ccccc21. The normalized spacial score (nSPS) is 21.7. The lowest BCUT2D eigenvalue weighted by Gasteiger charge is -2.27. The van der Waals surface area contributed by atoms with Gasteiger partial charge in [-0.15, -0.1) is 0 Å². The molecule has 0 spiro atoms. The molecule has 0 saturated heterocycles. The van der Waals surface area contributed by atoms with Gasteiger partial charge in [0.15, 0.2) is 0 Å². The van der Waals surface area contributed by atoms with Crippen LogP contribution in [0.2, 0.25) is 0 Å². The van der Waals surface area contributed by atoms with Crippen molar-refractivity contribution in [3.8, 4) is 0 Å². The molecule has 0 aliphatic carbocycles. The second-order valence-electron chi connectivity index (χ2n) is 4.14. The number of thiocarbonyl (C=S) groups is 1. The van der Waals surface area contributed by atoms with Crippen LogP contribution in [-0.2, 0) is 15.3 Å². The van der Waals surface area contributed by atoms with Crippen molar-refractivity contribution in [1.82, 2.24) is 4.90 Å². The minimum atomic E-state index is -1.13. The second kappa shape index (κ2) is 4.00. The number of benzene rings is 1. The smallest absolute Gasteiger partial charge is 0.342 e. The third-order valence-corrected chi connectivity index (χ3v) is 3.02. The molecular formula is C12H13NO3S. The highest BCUT2D eigenvalue weighted by molar-refractivity contribution is 7.80. The molecule has 90 valence electrons. The van der Waals surface area contributed by atoms with Crippen molar-refractivity contribution in [3.05, 3.63) is 35.4 Å². The zero-order valence-corrected chi connectivity index (χ0v) is 10.7. The molecule has 1 unspecified atom stereocenters. The molecule has 1 aromatic rings. The second-order valence-corrected chi connectivity index (χ2v) is 4.49. The van der Waals surface area contributed by atoms with Gasteiger partial charge in [-0.25, -0.2) is 4.79 Å². The highest BCUT2D eigenvalue weighted by Crippen LogP contribution is 2.37. The van der Waals surface area contributed by atoms with Crippen LogP contribution in [0.5, 0.6) is 0 Å². The number of hydrogen-bond donors (Lipinski definition) is 0. The van der Waals surface area contributed by atoms with Gasteiger partial charge in [-0.05, 0) is 18.3 Å². The molecule has 1 aliphatic heterocycles. The predicted octanol–water partition coefficient (Wildman–Crippen LogP) is 1.89. The van der Waals surface area contributed by atoms with Gasteiger partial charge in [0.1, 0.15) is 0 Å². The molecule has 5 heteroatoms. The van der Waals surface area contributed by atoms with E-state index >= 15 is 0 Å². The van der Waals surface area contributed by atoms with Gasteiger partial charge >= 0.3 is 5.97 Å². The number of carbonyl (C=O) groups is 1. The molecule has 0 fully saturated rings. The van der Waals surface area contributed by atoms with Gasteiger partial charge in [-0.1, -0.05) is 18.2 Å². The average Bonchev–Trinajstić information content (AvgIpc) is 2.52. The highest BCUT2D eigenvalue weighted by atomic mass is 32.1. The first-order chi connectivity index (χ1) is 7.94. The zero-order valence-electron chi connectivity index (χ0n) is 9.89. The van der Waals surface area contributed by atoms with E-state index in [4.69, 9.17) is 21.7 Å². The third kappa shape index (κ3) is 1.98. The van der Waals surface area contributed by atoms with E-state index in [1.165, 1.54) is 0 Å². The Labute approximate surface area is 105 Å². The summed E-state index contributed by atoms with van der Waals surface area (Å²) >= 11 is 5.07. The molecule has 0 bridgehead atoms. The Kier molecular flexibility index (Phi) is 2.79. The van der Waals surface area contributed by atoms with Crippen LogP contribution in [0.1, 0.15) is 22.8 Å². The fraction of sp³-hybridized carbons (Fsp3) is 0.333. The molecule has 0 saturated carbocycles. The lowest BCUT2D eigenvalue weighted by Crippen LogP contribution is -2.34. The summed E-state index contributed by atoms with van der Waals surface area (Å²) in [5.74, 6) is -1.51. The molecule has 0 amide bonds. The Bertz CT molecular complexity index is 486. The summed E-state index contributed by atoms with van der Waals surface area (Å²) in [7, 11) is 3.54. The van der Waals surface area contributed by atoms with Crippen LogP contribution >= 0.6 is 12.2 Å². The molecule has 2 rings (SSSR count). The van der Waals surface area contributed by atoms with E-state index < -0.39 is 5.79 Å². The monoisotopic (exact) mass is 251 g/mol. The van der Waals surface area contributed by atoms with Gasteiger partial charge < -0.3 is 14.4 Å². The molecule has 0 aromatic heterocycles. The average molecular weight is 251 g/mol. The number of hydrogen-bond acceptors (Lipinski definition) is 4. The van der Waals surface area contributed by atoms with Crippen LogP contribution < -0.4 is 0 Å². The number of fused-ring (bicyclic) bond motifs is 1. The van der Waals surface area contributed by atoms with Crippen molar-refractivity contribution in [2.45, 2.75) is 12.7 Å². The molecule has 0 radical (unpaired) electrons. The van der Waals surface area contributed by atoms with Gasteiger partial charge in [0.2, 0.25) is 0 Å². The van der Waals surface area contributed by atoms with E-state index in [1.54, 1.807) is 44.1 Å². The van der Waals surface area contributed by atoms with Crippen LogP contribution in [0.4, 0.5) is 0 Å². The quantitative estimate of drug-likeness (QED) is 0.563. The van der Waals surface area contributed by atoms with Crippen molar-refractivity contribution in [2.75, 3.05) is 14.1 Å². The maximum atomic E-state index is 11.7. The highest BCUT2D eigenvalue weighted by Gasteiger charge is 2.44. The summed E-state index contributed by atoms with van der Waals surface area (Å²) < 4.78 is 10.8. The first kappa shape index (κ1) is 11.9. The maximum Gasteiger partial charge on any atom is 0.342 e. The minimum absolute atomic E-state index is 0.275. The van der Waals surface area contributed by atoms with E-state index in [0.29, 0.717) is 11.1 Å². The van der Waals surface area contributed by atoms with Gasteiger partial charge in [0, 0.05) is 21.0 Å². The van der Waals surface area contributed by atoms with Crippen LogP contribution in [0.15, 0.2) is 24.3 Å². The van der Waals surface area contributed by atoms with E-state index in [2.05, 4.69) is 0 Å². The fourth-order valence-electron chi connectivity index (χ4n) is 1.68. The van der Waals surface area contributed by atoms with E-state index in [-0.39, 0.29) is 11.1 Å². The number of carbonyl (C=O) groups excluding carboxylic acids is 1. The van der Waals surface area contributed by atoms with E-state index in [1.807, 2.05) is 6.07 Å². The summed E-state index contributed by atoms with van der Waals surface area (Å²) in [5, 5.41) is 0.275. The molecule has 17 heavy (non-hydrogen) atoms. The van der Waals surface area contributed by atoms with Crippen molar-refractivity contribution >= 4 is 23.4 Å². The number of esters is 1. The third-order valence-electron chi connectivity index (χ3n) is 2.57. The van der Waals surface area contributed by atoms with Gasteiger partial charge in [0.25, 0.3) is 11.0 Å². The van der Waals surface area contributed by atoms with Crippen LogP contribution in [0, 0.1) is 0 Å². The maximum absolute atomic E-state index is 11.7. The van der Waals surface area contributed by atoms with Crippen molar-refractivity contribution < 1.29 is 14.3 Å². The summed E-state index contributed by atoms with van der Waals surface area (Å²) in [4.78, 5) is 13.3. The minimum Gasteiger partial charge on any atom is -0.423 e. The topological polar surface area (TPSA) is 38.8 Å². The van der Waals surface area contributed by atoms with Gasteiger partial charge in [0.05, 0.1) is 11.1 Å². The standard InChI is InChI=1S/C12H13NO3S/c1-12(16-11(17)13(2)3)9-7-5-4-6-8(9)10(14)15-12/h4-7H,1-3H3. The van der Waals surface area contributed by atoms with Crippen molar-refractivity contribution in [3.63, 3.8) is 0 Å².